The number of rotatable bonds is 4. The van der Waals surface area contributed by atoms with E-state index in [1.54, 1.807) is 0 Å². The van der Waals surface area contributed by atoms with E-state index in [9.17, 15) is 0 Å². The molecule has 0 aromatic heterocycles. The van der Waals surface area contributed by atoms with Crippen molar-refractivity contribution in [2.24, 2.45) is 0 Å². The molecule has 2 aromatic rings. The van der Waals surface area contributed by atoms with Crippen molar-refractivity contribution in [1.29, 1.82) is 0 Å². The van der Waals surface area contributed by atoms with Gasteiger partial charge in [0.2, 0.25) is 0 Å². The van der Waals surface area contributed by atoms with Crippen LogP contribution in [0.15, 0.2) is 48.5 Å². The Morgan fingerprint density at radius 3 is 2.35 bits per heavy atom. The number of para-hydroxylation sites is 1. The second kappa shape index (κ2) is 5.37. The van der Waals surface area contributed by atoms with Crippen LogP contribution in [0.25, 0.3) is 0 Å². The van der Waals surface area contributed by atoms with Gasteiger partial charge in [0.1, 0.15) is 0 Å². The van der Waals surface area contributed by atoms with Gasteiger partial charge in [-0.25, -0.2) is 0 Å². The Labute approximate surface area is 101 Å². The van der Waals surface area contributed by atoms with E-state index in [0.717, 1.165) is 22.5 Å². The van der Waals surface area contributed by atoms with Crippen molar-refractivity contribution < 1.29 is 5.11 Å². The zero-order valence-electron chi connectivity index (χ0n) is 9.56. The van der Waals surface area contributed by atoms with Gasteiger partial charge in [-0.3, -0.25) is 0 Å². The molecule has 0 heterocycles. The van der Waals surface area contributed by atoms with Crippen molar-refractivity contribution in [3.8, 4) is 0 Å². The van der Waals surface area contributed by atoms with Gasteiger partial charge in [-0.1, -0.05) is 30.3 Å². The fraction of sp³-hybridized carbons (Fsp3) is 0.143. The number of hydrogen-bond acceptors (Lipinski definition) is 3. The first-order chi connectivity index (χ1) is 8.29. The lowest BCUT2D eigenvalue weighted by atomic mass is 10.1. The predicted octanol–water partition coefficient (Wildman–Crippen LogP) is 2.37. The molecule has 88 valence electrons. The van der Waals surface area contributed by atoms with Crippen LogP contribution in [0.1, 0.15) is 11.1 Å². The van der Waals surface area contributed by atoms with Crippen LogP contribution in [0.5, 0.6) is 0 Å². The summed E-state index contributed by atoms with van der Waals surface area (Å²) in [6.07, 6.45) is 0. The first-order valence-electron chi connectivity index (χ1n) is 5.56. The summed E-state index contributed by atoms with van der Waals surface area (Å²) in [5.41, 5.74) is 9.67. The SMILES string of the molecule is Nc1ccccc1CNc1ccc(CO)cc1. The normalized spacial score (nSPS) is 10.2. The van der Waals surface area contributed by atoms with E-state index >= 15 is 0 Å². The molecular weight excluding hydrogens is 212 g/mol. The Kier molecular flexibility index (Phi) is 3.62. The molecule has 0 amide bonds. The smallest absolute Gasteiger partial charge is 0.0681 e. The highest BCUT2D eigenvalue weighted by Crippen LogP contribution is 2.14. The van der Waals surface area contributed by atoms with Gasteiger partial charge in [-0.2, -0.15) is 0 Å². The van der Waals surface area contributed by atoms with Crippen LogP contribution >= 0.6 is 0 Å². The molecule has 4 N–H and O–H groups in total. The topological polar surface area (TPSA) is 58.3 Å². The Bertz CT molecular complexity index is 480. The van der Waals surface area contributed by atoms with Gasteiger partial charge >= 0.3 is 0 Å². The first kappa shape index (κ1) is 11.5. The molecule has 0 saturated heterocycles. The monoisotopic (exact) mass is 228 g/mol. The van der Waals surface area contributed by atoms with Gasteiger partial charge in [0, 0.05) is 17.9 Å². The van der Waals surface area contributed by atoms with E-state index in [1.165, 1.54) is 0 Å². The Morgan fingerprint density at radius 1 is 1.00 bits per heavy atom. The summed E-state index contributed by atoms with van der Waals surface area (Å²) in [6.45, 7) is 0.775. The van der Waals surface area contributed by atoms with Gasteiger partial charge in [0.25, 0.3) is 0 Å². The van der Waals surface area contributed by atoms with E-state index in [1.807, 2.05) is 48.5 Å². The lowest BCUT2D eigenvalue weighted by Gasteiger charge is -2.09. The number of nitrogens with two attached hydrogens (primary N) is 1. The predicted molar refractivity (Wildman–Crippen MR) is 70.5 cm³/mol. The maximum atomic E-state index is 8.94. The lowest BCUT2D eigenvalue weighted by Crippen LogP contribution is -2.02. The highest BCUT2D eigenvalue weighted by atomic mass is 16.3. The number of anilines is 2. The molecule has 0 aliphatic rings. The minimum absolute atomic E-state index is 0.0753. The van der Waals surface area contributed by atoms with Gasteiger partial charge in [0.05, 0.1) is 6.61 Å². The van der Waals surface area contributed by atoms with Crippen molar-refractivity contribution in [3.05, 3.63) is 59.7 Å². The molecule has 0 unspecified atom stereocenters. The van der Waals surface area contributed by atoms with Crippen molar-refractivity contribution in [2.45, 2.75) is 13.2 Å². The maximum Gasteiger partial charge on any atom is 0.0681 e. The minimum Gasteiger partial charge on any atom is -0.398 e. The van der Waals surface area contributed by atoms with Gasteiger partial charge in [-0.15, -0.1) is 0 Å². The summed E-state index contributed by atoms with van der Waals surface area (Å²) in [4.78, 5) is 0. The van der Waals surface area contributed by atoms with Crippen LogP contribution in [-0.2, 0) is 13.2 Å². The second-order valence-electron chi connectivity index (χ2n) is 3.91. The lowest BCUT2D eigenvalue weighted by molar-refractivity contribution is 0.282. The van der Waals surface area contributed by atoms with Crippen molar-refractivity contribution in [2.75, 3.05) is 11.1 Å². The molecular formula is C14H16N2O. The van der Waals surface area contributed by atoms with Crippen LogP contribution in [0.4, 0.5) is 11.4 Å². The van der Waals surface area contributed by atoms with Crippen LogP contribution in [0, 0.1) is 0 Å². The van der Waals surface area contributed by atoms with Crippen molar-refractivity contribution >= 4 is 11.4 Å². The van der Waals surface area contributed by atoms with Gasteiger partial charge in [0.15, 0.2) is 0 Å². The van der Waals surface area contributed by atoms with Crippen molar-refractivity contribution in [1.82, 2.24) is 0 Å². The number of aliphatic hydroxyl groups excluding tert-OH is 1. The first-order valence-corrected chi connectivity index (χ1v) is 5.56. The van der Waals surface area contributed by atoms with Crippen molar-refractivity contribution in [3.63, 3.8) is 0 Å². The molecule has 0 radical (unpaired) electrons. The molecule has 17 heavy (non-hydrogen) atoms. The molecule has 3 heteroatoms. The maximum absolute atomic E-state index is 8.94. The van der Waals surface area contributed by atoms with Crippen LogP contribution in [-0.4, -0.2) is 5.11 Å². The molecule has 0 aliphatic heterocycles. The standard InChI is InChI=1S/C14H16N2O/c15-14-4-2-1-3-12(14)9-16-13-7-5-11(10-17)6-8-13/h1-8,16-17H,9-10,15H2. The summed E-state index contributed by atoms with van der Waals surface area (Å²) in [6, 6.07) is 15.5. The molecule has 0 atom stereocenters. The largest absolute Gasteiger partial charge is 0.398 e. The minimum atomic E-state index is 0.0753. The third-order valence-corrected chi connectivity index (χ3v) is 2.67. The fourth-order valence-electron chi connectivity index (χ4n) is 1.62. The van der Waals surface area contributed by atoms with E-state index < -0.39 is 0 Å². The molecule has 0 aliphatic carbocycles. The number of nitrogens with one attached hydrogen (secondary N) is 1. The van der Waals surface area contributed by atoms with E-state index in [2.05, 4.69) is 5.32 Å². The fourth-order valence-corrected chi connectivity index (χ4v) is 1.62. The number of nitrogen functional groups attached to an aromatic ring is 1. The summed E-state index contributed by atoms with van der Waals surface area (Å²) in [5.74, 6) is 0. The van der Waals surface area contributed by atoms with E-state index in [4.69, 9.17) is 10.8 Å². The third-order valence-electron chi connectivity index (χ3n) is 2.67. The molecule has 0 bridgehead atoms. The summed E-state index contributed by atoms with van der Waals surface area (Å²) in [5, 5.41) is 12.2. The molecule has 0 saturated carbocycles. The van der Waals surface area contributed by atoms with Crippen LogP contribution < -0.4 is 11.1 Å². The van der Waals surface area contributed by atoms with Gasteiger partial charge in [-0.05, 0) is 29.3 Å². The molecule has 2 rings (SSSR count). The number of hydrogen-bond donors (Lipinski definition) is 3. The van der Waals surface area contributed by atoms with E-state index in [-0.39, 0.29) is 6.61 Å². The third kappa shape index (κ3) is 2.98. The highest BCUT2D eigenvalue weighted by molar-refractivity contribution is 5.50. The summed E-state index contributed by atoms with van der Waals surface area (Å²) >= 11 is 0. The Hall–Kier alpha value is -2.00. The Balaban J connectivity index is 2.00. The summed E-state index contributed by atoms with van der Waals surface area (Å²) < 4.78 is 0. The van der Waals surface area contributed by atoms with Gasteiger partial charge < -0.3 is 16.2 Å². The quantitative estimate of drug-likeness (QED) is 0.704. The second-order valence-corrected chi connectivity index (χ2v) is 3.91. The Morgan fingerprint density at radius 2 is 1.71 bits per heavy atom. The average molecular weight is 228 g/mol. The van der Waals surface area contributed by atoms with E-state index in [0.29, 0.717) is 6.54 Å². The molecule has 0 spiro atoms. The highest BCUT2D eigenvalue weighted by Gasteiger charge is 1.98. The zero-order chi connectivity index (χ0) is 12.1. The summed E-state index contributed by atoms with van der Waals surface area (Å²) in [7, 11) is 0. The molecule has 3 nitrogen and oxygen atoms in total. The van der Waals surface area contributed by atoms with Crippen LogP contribution in [0.2, 0.25) is 0 Å². The molecule has 0 fully saturated rings. The average Bonchev–Trinajstić information content (AvgIpc) is 2.38. The van der Waals surface area contributed by atoms with Crippen LogP contribution in [0.3, 0.4) is 0 Å². The number of benzene rings is 2. The molecule has 2 aromatic carbocycles. The number of aliphatic hydroxyl groups is 1. The zero-order valence-corrected chi connectivity index (χ0v) is 9.56.